The molecule has 0 bridgehead atoms. The first-order valence-electron chi connectivity index (χ1n) is 8.26. The van der Waals surface area contributed by atoms with Gasteiger partial charge in [-0.05, 0) is 19.8 Å². The molecule has 0 spiro atoms. The Morgan fingerprint density at radius 2 is 2.17 bits per heavy atom. The maximum absolute atomic E-state index is 12.5. The lowest BCUT2D eigenvalue weighted by Gasteiger charge is -2.38. The van der Waals surface area contributed by atoms with Crippen LogP contribution in [-0.2, 0) is 16.1 Å². The average molecular weight is 320 g/mol. The van der Waals surface area contributed by atoms with Crippen LogP contribution in [0, 0.1) is 5.92 Å². The van der Waals surface area contributed by atoms with E-state index in [0.29, 0.717) is 31.9 Å². The highest BCUT2D eigenvalue weighted by Crippen LogP contribution is 2.33. The summed E-state index contributed by atoms with van der Waals surface area (Å²) in [5.74, 6) is 1.02. The Morgan fingerprint density at radius 3 is 2.83 bits per heavy atom. The van der Waals surface area contributed by atoms with Crippen LogP contribution in [0.5, 0.6) is 0 Å². The van der Waals surface area contributed by atoms with Crippen LogP contribution in [0.1, 0.15) is 48.5 Å². The summed E-state index contributed by atoms with van der Waals surface area (Å²) >= 11 is 0. The number of fused-ring (bicyclic) bond motifs is 1. The minimum Gasteiger partial charge on any atom is -0.383 e. The molecule has 1 aliphatic carbocycles. The number of carbonyl (C=O) groups excluding carboxylic acids is 2. The van der Waals surface area contributed by atoms with Crippen LogP contribution in [0.2, 0.25) is 0 Å². The first-order valence-corrected chi connectivity index (χ1v) is 8.26. The molecule has 126 valence electrons. The lowest BCUT2D eigenvalue weighted by molar-refractivity contribution is -0.141. The monoisotopic (exact) mass is 320 g/mol. The van der Waals surface area contributed by atoms with E-state index in [4.69, 9.17) is 4.74 Å². The third-order valence-electron chi connectivity index (χ3n) is 4.79. The second-order valence-electron chi connectivity index (χ2n) is 6.26. The number of hydrogen-bond acceptors (Lipinski definition) is 4. The van der Waals surface area contributed by atoms with E-state index in [-0.39, 0.29) is 23.8 Å². The minimum atomic E-state index is -0.201. The summed E-state index contributed by atoms with van der Waals surface area (Å²) in [6.45, 7) is 4.29. The number of carbonyl (C=O) groups is 2. The van der Waals surface area contributed by atoms with Gasteiger partial charge in [0.05, 0.1) is 12.6 Å². The van der Waals surface area contributed by atoms with Crippen LogP contribution >= 0.6 is 0 Å². The zero-order valence-electron chi connectivity index (χ0n) is 13.7. The van der Waals surface area contributed by atoms with Crippen molar-refractivity contribution in [3.8, 4) is 0 Å². The molecule has 7 nitrogen and oxygen atoms in total. The van der Waals surface area contributed by atoms with E-state index in [1.165, 1.54) is 0 Å². The van der Waals surface area contributed by atoms with Crippen LogP contribution in [0.25, 0.3) is 0 Å². The number of hydrogen-bond donors (Lipinski definition) is 1. The number of amides is 2. The van der Waals surface area contributed by atoms with E-state index < -0.39 is 0 Å². The standard InChI is InChI=1S/C16H24N4O3/c1-11-14-18-13(15(21)17-6-9-23-2)10-19(14)7-8-20(11)16(22)12-4-3-5-12/h10-12H,3-9H2,1-2H3,(H,17,21). The number of nitrogens with one attached hydrogen (secondary N) is 1. The molecule has 0 radical (unpaired) electrons. The van der Waals surface area contributed by atoms with Gasteiger partial charge in [0.2, 0.25) is 5.91 Å². The molecule has 1 aliphatic heterocycles. The maximum Gasteiger partial charge on any atom is 0.271 e. The van der Waals surface area contributed by atoms with E-state index in [0.717, 1.165) is 25.1 Å². The van der Waals surface area contributed by atoms with Gasteiger partial charge in [0, 0.05) is 38.9 Å². The topological polar surface area (TPSA) is 76.5 Å². The molecule has 1 aromatic rings. The first-order chi connectivity index (χ1) is 11.1. The summed E-state index contributed by atoms with van der Waals surface area (Å²) in [5, 5.41) is 2.77. The van der Waals surface area contributed by atoms with Crippen molar-refractivity contribution < 1.29 is 14.3 Å². The molecular formula is C16H24N4O3. The second-order valence-corrected chi connectivity index (χ2v) is 6.26. The first kappa shape index (κ1) is 16.0. The van der Waals surface area contributed by atoms with Gasteiger partial charge in [-0.25, -0.2) is 4.98 Å². The molecule has 2 heterocycles. The quantitative estimate of drug-likeness (QED) is 0.820. The van der Waals surface area contributed by atoms with Gasteiger partial charge in [-0.15, -0.1) is 0 Å². The van der Waals surface area contributed by atoms with Crippen LogP contribution in [0.4, 0.5) is 0 Å². The summed E-state index contributed by atoms with van der Waals surface area (Å²) in [5.41, 5.74) is 0.404. The molecule has 1 unspecified atom stereocenters. The lowest BCUT2D eigenvalue weighted by Crippen LogP contribution is -2.45. The Morgan fingerprint density at radius 1 is 1.39 bits per heavy atom. The van der Waals surface area contributed by atoms with E-state index in [1.54, 1.807) is 13.3 Å². The van der Waals surface area contributed by atoms with Gasteiger partial charge in [-0.2, -0.15) is 0 Å². The van der Waals surface area contributed by atoms with Crippen molar-refractivity contribution in [3.63, 3.8) is 0 Å². The number of imidazole rings is 1. The van der Waals surface area contributed by atoms with Gasteiger partial charge in [-0.1, -0.05) is 6.42 Å². The fourth-order valence-corrected chi connectivity index (χ4v) is 3.15. The van der Waals surface area contributed by atoms with E-state index in [2.05, 4.69) is 10.3 Å². The Kier molecular flexibility index (Phi) is 4.66. The van der Waals surface area contributed by atoms with E-state index in [1.807, 2.05) is 16.4 Å². The predicted octanol–water partition coefficient (Wildman–Crippen LogP) is 0.963. The highest BCUT2D eigenvalue weighted by molar-refractivity contribution is 5.92. The van der Waals surface area contributed by atoms with Crippen molar-refractivity contribution >= 4 is 11.8 Å². The van der Waals surface area contributed by atoms with Gasteiger partial charge < -0.3 is 19.5 Å². The Labute approximate surface area is 136 Å². The number of ether oxygens (including phenoxy) is 1. The van der Waals surface area contributed by atoms with Crippen molar-refractivity contribution in [1.82, 2.24) is 19.8 Å². The molecule has 1 N–H and O–H groups in total. The summed E-state index contributed by atoms with van der Waals surface area (Å²) in [6, 6.07) is -0.0858. The van der Waals surface area contributed by atoms with E-state index in [9.17, 15) is 9.59 Å². The van der Waals surface area contributed by atoms with Crippen LogP contribution < -0.4 is 5.32 Å². The summed E-state index contributed by atoms with van der Waals surface area (Å²) in [7, 11) is 1.59. The second kappa shape index (κ2) is 6.70. The van der Waals surface area contributed by atoms with Gasteiger partial charge in [0.15, 0.2) is 0 Å². The molecule has 1 fully saturated rings. The average Bonchev–Trinajstić information content (AvgIpc) is 2.91. The fourth-order valence-electron chi connectivity index (χ4n) is 3.15. The third-order valence-corrected chi connectivity index (χ3v) is 4.79. The van der Waals surface area contributed by atoms with Gasteiger partial charge in [0.25, 0.3) is 5.91 Å². The van der Waals surface area contributed by atoms with Crippen molar-refractivity contribution in [2.45, 2.75) is 38.8 Å². The smallest absolute Gasteiger partial charge is 0.271 e. The predicted molar refractivity (Wildman–Crippen MR) is 83.9 cm³/mol. The molecule has 23 heavy (non-hydrogen) atoms. The van der Waals surface area contributed by atoms with Gasteiger partial charge in [0.1, 0.15) is 11.5 Å². The Hall–Kier alpha value is -1.89. The minimum absolute atomic E-state index is 0.0858. The molecule has 1 saturated carbocycles. The van der Waals surface area contributed by atoms with Crippen molar-refractivity contribution in [1.29, 1.82) is 0 Å². The van der Waals surface area contributed by atoms with Crippen LogP contribution in [0.15, 0.2) is 6.20 Å². The van der Waals surface area contributed by atoms with Gasteiger partial charge in [-0.3, -0.25) is 9.59 Å². The van der Waals surface area contributed by atoms with E-state index >= 15 is 0 Å². The fraction of sp³-hybridized carbons (Fsp3) is 0.688. The Balaban J connectivity index is 1.69. The zero-order chi connectivity index (χ0) is 16.4. The molecule has 2 amide bonds. The van der Waals surface area contributed by atoms with Crippen molar-refractivity contribution in [3.05, 3.63) is 17.7 Å². The highest BCUT2D eigenvalue weighted by Gasteiger charge is 2.36. The molecule has 0 saturated heterocycles. The maximum atomic E-state index is 12.5. The van der Waals surface area contributed by atoms with Crippen molar-refractivity contribution in [2.75, 3.05) is 26.8 Å². The van der Waals surface area contributed by atoms with Gasteiger partial charge >= 0.3 is 0 Å². The summed E-state index contributed by atoms with van der Waals surface area (Å²) in [4.78, 5) is 31.0. The number of methoxy groups -OCH3 is 1. The SMILES string of the molecule is COCCNC(=O)c1cn2c(n1)C(C)N(C(=O)C1CCC1)CC2. The largest absolute Gasteiger partial charge is 0.383 e. The molecule has 2 aliphatic rings. The molecule has 0 aromatic carbocycles. The molecule has 1 atom stereocenters. The number of nitrogens with zero attached hydrogens (tertiary/aromatic N) is 3. The highest BCUT2D eigenvalue weighted by atomic mass is 16.5. The normalized spacial score (nSPS) is 20.8. The Bertz CT molecular complexity index is 594. The third kappa shape index (κ3) is 3.10. The molecule has 7 heteroatoms. The van der Waals surface area contributed by atoms with Crippen LogP contribution in [0.3, 0.4) is 0 Å². The molecule has 3 rings (SSSR count). The van der Waals surface area contributed by atoms with Crippen molar-refractivity contribution in [2.24, 2.45) is 5.92 Å². The van der Waals surface area contributed by atoms with Crippen LogP contribution in [-0.4, -0.2) is 53.1 Å². The lowest BCUT2D eigenvalue weighted by atomic mass is 9.84. The molecular weight excluding hydrogens is 296 g/mol. The zero-order valence-corrected chi connectivity index (χ0v) is 13.7. The summed E-state index contributed by atoms with van der Waals surface area (Å²) < 4.78 is 6.91. The summed E-state index contributed by atoms with van der Waals surface area (Å²) in [6.07, 6.45) is 4.94. The molecule has 1 aromatic heterocycles. The number of aromatic nitrogens is 2. The number of rotatable bonds is 5.